The Morgan fingerprint density at radius 1 is 0.800 bits per heavy atom. The topological polar surface area (TPSA) is 0 Å². The third-order valence-electron chi connectivity index (χ3n) is 0.703. The van der Waals surface area contributed by atoms with Gasteiger partial charge in [-0.05, 0) is 6.92 Å². The first-order valence-electron chi connectivity index (χ1n) is 5.23. The monoisotopic (exact) mass is 210 g/mol. The molecule has 0 atom stereocenters. The highest BCUT2D eigenvalue weighted by molar-refractivity contribution is 5.17. The van der Waals surface area contributed by atoms with Crippen LogP contribution in [0.3, 0.4) is 0 Å². The number of hydrogen-bond acceptors (Lipinski definition) is 0. The van der Waals surface area contributed by atoms with E-state index in [2.05, 4.69) is 39.5 Å². The second-order valence-electron chi connectivity index (χ2n) is 1.35. The summed E-state index contributed by atoms with van der Waals surface area (Å²) in [5, 5.41) is 0. The summed E-state index contributed by atoms with van der Waals surface area (Å²) >= 11 is 0. The van der Waals surface area contributed by atoms with Crippen LogP contribution in [0.2, 0.25) is 0 Å². The van der Waals surface area contributed by atoms with Crippen molar-refractivity contribution in [1.82, 2.24) is 0 Å². The molecule has 0 heteroatoms. The third-order valence-corrected chi connectivity index (χ3v) is 0.703. The average Bonchev–Trinajstić information content (AvgIpc) is 2.39. The van der Waals surface area contributed by atoms with Gasteiger partial charge in [-0.15, -0.1) is 26.3 Å². The molecule has 0 nitrogen and oxygen atoms in total. The first-order valence-corrected chi connectivity index (χ1v) is 5.23. The Bertz CT molecular complexity index is 116. The van der Waals surface area contributed by atoms with Gasteiger partial charge in [0.15, 0.2) is 0 Å². The average molecular weight is 210 g/mol. The molecule has 0 amide bonds. The summed E-state index contributed by atoms with van der Waals surface area (Å²) < 4.78 is 0. The first-order chi connectivity index (χ1) is 7.31. The molecule has 0 aliphatic rings. The van der Waals surface area contributed by atoms with Crippen molar-refractivity contribution >= 4 is 0 Å². The van der Waals surface area contributed by atoms with Gasteiger partial charge in [0.05, 0.1) is 0 Å². The summed E-state index contributed by atoms with van der Waals surface area (Å²) in [7, 11) is 0. The van der Waals surface area contributed by atoms with Crippen molar-refractivity contribution in [2.45, 2.75) is 34.6 Å². The summed E-state index contributed by atoms with van der Waals surface area (Å²) in [6.07, 6.45) is 5.45. The van der Waals surface area contributed by atoms with Crippen molar-refractivity contribution in [3.8, 4) is 0 Å². The van der Waals surface area contributed by atoms with E-state index in [9.17, 15) is 0 Å². The molecule has 0 unspecified atom stereocenters. The van der Waals surface area contributed by atoms with E-state index in [-0.39, 0.29) is 0 Å². The molecule has 0 fully saturated rings. The smallest absolute Gasteiger partial charge is 0.0398 e. The maximum Gasteiger partial charge on any atom is -0.0398 e. The van der Waals surface area contributed by atoms with Gasteiger partial charge in [-0.2, -0.15) is 0 Å². The standard InChI is InChI=1S/C7H10.2C2H6.2C2H4/c1-4-6-7(3)5-2;4*1-2/h4-6H,1-2H2,3H3;2*1-2H3;2*1-2H2/b7-6-;;;;. The van der Waals surface area contributed by atoms with Crippen LogP contribution >= 0.6 is 0 Å². The van der Waals surface area contributed by atoms with Crippen LogP contribution in [0.15, 0.2) is 63.3 Å². The molecular weight excluding hydrogens is 180 g/mol. The summed E-state index contributed by atoms with van der Waals surface area (Å²) in [5.41, 5.74) is 1.15. The van der Waals surface area contributed by atoms with Gasteiger partial charge in [0.1, 0.15) is 0 Å². The molecule has 0 aromatic rings. The van der Waals surface area contributed by atoms with E-state index in [0.717, 1.165) is 5.57 Å². The van der Waals surface area contributed by atoms with Crippen molar-refractivity contribution < 1.29 is 0 Å². The Balaban J connectivity index is -0.0000000353. The maximum atomic E-state index is 3.56. The summed E-state index contributed by atoms with van der Waals surface area (Å²) in [6, 6.07) is 0. The van der Waals surface area contributed by atoms with Crippen LogP contribution in [0, 0.1) is 0 Å². The van der Waals surface area contributed by atoms with Gasteiger partial charge in [-0.1, -0.05) is 64.7 Å². The second-order valence-corrected chi connectivity index (χ2v) is 1.35. The minimum atomic E-state index is 1.15. The van der Waals surface area contributed by atoms with Crippen LogP contribution in [0.5, 0.6) is 0 Å². The van der Waals surface area contributed by atoms with Crippen LogP contribution in [0.1, 0.15) is 34.6 Å². The first kappa shape index (κ1) is 29.2. The summed E-state index contributed by atoms with van der Waals surface area (Å²) in [4.78, 5) is 0. The minimum absolute atomic E-state index is 1.15. The van der Waals surface area contributed by atoms with Gasteiger partial charge < -0.3 is 0 Å². The fraction of sp³-hybridized carbons (Fsp3) is 0.333. The molecule has 0 heterocycles. The van der Waals surface area contributed by atoms with Gasteiger partial charge in [0.2, 0.25) is 0 Å². The van der Waals surface area contributed by atoms with Crippen LogP contribution in [0.25, 0.3) is 0 Å². The van der Waals surface area contributed by atoms with Crippen LogP contribution in [-0.4, -0.2) is 0 Å². The molecule has 0 saturated carbocycles. The molecule has 0 radical (unpaired) electrons. The van der Waals surface area contributed by atoms with E-state index in [4.69, 9.17) is 0 Å². The van der Waals surface area contributed by atoms with Crippen LogP contribution in [-0.2, 0) is 0 Å². The molecule has 0 bridgehead atoms. The molecule has 0 N–H and O–H groups in total. The highest BCUT2D eigenvalue weighted by atomic mass is 13.8. The molecular formula is C15H30. The third kappa shape index (κ3) is 106. The lowest BCUT2D eigenvalue weighted by Crippen LogP contribution is -1.58. The molecule has 0 aliphatic heterocycles. The van der Waals surface area contributed by atoms with E-state index in [1.54, 1.807) is 12.2 Å². The fourth-order valence-electron chi connectivity index (χ4n) is 0.254. The Hall–Kier alpha value is -1.30. The minimum Gasteiger partial charge on any atom is -0.106 e. The zero-order valence-electron chi connectivity index (χ0n) is 11.5. The summed E-state index contributed by atoms with van der Waals surface area (Å²) in [6.45, 7) is 29.1. The fourth-order valence-corrected chi connectivity index (χ4v) is 0.254. The molecule has 0 aromatic carbocycles. The van der Waals surface area contributed by atoms with E-state index in [1.807, 2.05) is 40.7 Å². The molecule has 0 rings (SSSR count). The molecule has 0 aromatic heterocycles. The Labute approximate surface area is 98.4 Å². The van der Waals surface area contributed by atoms with Gasteiger partial charge in [0, 0.05) is 0 Å². The number of rotatable bonds is 2. The molecule has 15 heavy (non-hydrogen) atoms. The highest BCUT2D eigenvalue weighted by Gasteiger charge is 1.68. The van der Waals surface area contributed by atoms with Gasteiger partial charge in [0.25, 0.3) is 0 Å². The van der Waals surface area contributed by atoms with Crippen molar-refractivity contribution in [3.63, 3.8) is 0 Å². The van der Waals surface area contributed by atoms with Crippen molar-refractivity contribution in [1.29, 1.82) is 0 Å². The predicted molar refractivity (Wildman–Crippen MR) is 79.4 cm³/mol. The largest absolute Gasteiger partial charge is 0.106 e. The lowest BCUT2D eigenvalue weighted by atomic mass is 10.3. The van der Waals surface area contributed by atoms with Crippen LogP contribution < -0.4 is 0 Å². The summed E-state index contributed by atoms with van der Waals surface area (Å²) in [5.74, 6) is 0. The van der Waals surface area contributed by atoms with Crippen molar-refractivity contribution in [2.24, 2.45) is 0 Å². The number of allylic oxidation sites excluding steroid dienone is 4. The van der Waals surface area contributed by atoms with Crippen LogP contribution in [0.4, 0.5) is 0 Å². The zero-order chi connectivity index (χ0) is 13.7. The number of hydrogen-bond donors (Lipinski definition) is 0. The zero-order valence-corrected chi connectivity index (χ0v) is 11.5. The van der Waals surface area contributed by atoms with Gasteiger partial charge in [-0.25, -0.2) is 0 Å². The van der Waals surface area contributed by atoms with E-state index in [0.29, 0.717) is 0 Å². The van der Waals surface area contributed by atoms with Gasteiger partial charge >= 0.3 is 0 Å². The SMILES string of the molecule is C=C.C=C.C=C/C=C(/C)C=C.CC.CC. The Morgan fingerprint density at radius 3 is 1.13 bits per heavy atom. The normalized spacial score (nSPS) is 6.33. The maximum absolute atomic E-state index is 3.56. The van der Waals surface area contributed by atoms with Crippen molar-refractivity contribution in [2.75, 3.05) is 0 Å². The lowest BCUT2D eigenvalue weighted by molar-refractivity contribution is 1.50. The van der Waals surface area contributed by atoms with E-state index in [1.165, 1.54) is 0 Å². The second kappa shape index (κ2) is 78.7. The highest BCUT2D eigenvalue weighted by Crippen LogP contribution is 1.90. The molecule has 0 aliphatic carbocycles. The molecule has 0 spiro atoms. The molecule has 0 saturated heterocycles. The Kier molecular flexibility index (Phi) is 153. The predicted octanol–water partition coefficient (Wildman–Crippen LogP) is 5.96. The lowest BCUT2D eigenvalue weighted by Gasteiger charge is -1.80. The van der Waals surface area contributed by atoms with Gasteiger partial charge in [-0.3, -0.25) is 0 Å². The van der Waals surface area contributed by atoms with E-state index >= 15 is 0 Å². The van der Waals surface area contributed by atoms with Crippen molar-refractivity contribution in [3.05, 3.63) is 63.3 Å². The van der Waals surface area contributed by atoms with E-state index < -0.39 is 0 Å². The Morgan fingerprint density at radius 2 is 1.07 bits per heavy atom. The molecule has 90 valence electrons. The quantitative estimate of drug-likeness (QED) is 0.389.